The van der Waals surface area contributed by atoms with E-state index in [2.05, 4.69) is 15.3 Å². The summed E-state index contributed by atoms with van der Waals surface area (Å²) >= 11 is 0. The maximum atomic E-state index is 12.8. The second-order valence-corrected chi connectivity index (χ2v) is 6.44. The lowest BCUT2D eigenvalue weighted by Gasteiger charge is -2.33. The molecule has 27 heavy (non-hydrogen) atoms. The summed E-state index contributed by atoms with van der Waals surface area (Å²) in [6.07, 6.45) is 3.26. The van der Waals surface area contributed by atoms with Gasteiger partial charge in [-0.2, -0.15) is 5.10 Å². The first kappa shape index (κ1) is 18.9. The molecule has 1 fully saturated rings. The van der Waals surface area contributed by atoms with Gasteiger partial charge in [0.25, 0.3) is 11.5 Å². The monoisotopic (exact) mass is 374 g/mol. The number of amides is 1. The first-order valence-corrected chi connectivity index (χ1v) is 9.05. The minimum absolute atomic E-state index is 0.0644. The zero-order chi connectivity index (χ0) is 19.2. The maximum absolute atomic E-state index is 12.8. The molecule has 0 bridgehead atoms. The normalized spacial score (nSPS) is 14.8. The molecule has 1 N–H and O–H groups in total. The van der Waals surface area contributed by atoms with Crippen LogP contribution in [0, 0.1) is 5.82 Å². The van der Waals surface area contributed by atoms with Crippen molar-refractivity contribution in [2.24, 2.45) is 0 Å². The minimum Gasteiger partial charge on any atom is -0.484 e. The van der Waals surface area contributed by atoms with Crippen molar-refractivity contribution < 1.29 is 13.9 Å². The van der Waals surface area contributed by atoms with Gasteiger partial charge >= 0.3 is 0 Å². The zero-order valence-corrected chi connectivity index (χ0v) is 15.2. The Kier molecular flexibility index (Phi) is 6.05. The van der Waals surface area contributed by atoms with Crippen LogP contribution >= 0.6 is 0 Å². The van der Waals surface area contributed by atoms with E-state index in [4.69, 9.17) is 4.74 Å². The second kappa shape index (κ2) is 8.66. The lowest BCUT2D eigenvalue weighted by atomic mass is 10.0. The van der Waals surface area contributed by atoms with Crippen molar-refractivity contribution in [1.29, 1.82) is 0 Å². The van der Waals surface area contributed by atoms with Gasteiger partial charge in [0, 0.05) is 31.7 Å². The van der Waals surface area contributed by atoms with Crippen molar-refractivity contribution in [3.63, 3.8) is 0 Å². The number of aromatic nitrogens is 2. The molecule has 0 radical (unpaired) electrons. The Labute approximate surface area is 156 Å². The number of piperidine rings is 1. The summed E-state index contributed by atoms with van der Waals surface area (Å²) in [6, 6.07) is 7.22. The molecule has 1 aromatic heterocycles. The molecule has 7 nitrogen and oxygen atoms in total. The topological polar surface area (TPSA) is 76.5 Å². The van der Waals surface area contributed by atoms with Crippen molar-refractivity contribution in [2.45, 2.75) is 32.4 Å². The van der Waals surface area contributed by atoms with Gasteiger partial charge in [0.05, 0.1) is 11.9 Å². The first-order valence-electron chi connectivity index (χ1n) is 9.05. The van der Waals surface area contributed by atoms with E-state index in [0.29, 0.717) is 12.3 Å². The van der Waals surface area contributed by atoms with Crippen molar-refractivity contribution in [1.82, 2.24) is 15.1 Å². The van der Waals surface area contributed by atoms with Gasteiger partial charge in [-0.15, -0.1) is 0 Å². The highest BCUT2D eigenvalue weighted by Crippen LogP contribution is 2.18. The van der Waals surface area contributed by atoms with Crippen molar-refractivity contribution >= 4 is 11.6 Å². The van der Waals surface area contributed by atoms with Gasteiger partial charge in [-0.3, -0.25) is 9.59 Å². The van der Waals surface area contributed by atoms with Gasteiger partial charge < -0.3 is 15.0 Å². The third-order valence-corrected chi connectivity index (χ3v) is 4.56. The molecule has 1 amide bonds. The standard InChI is InChI=1S/C19H23FN4O3/c1-2-24-19(26)11-16(12-21-24)23-9-7-15(8-10-23)22-18(25)13-27-17-5-3-14(20)4-6-17/h3-6,11-12,15H,2,7-10,13H2,1H3,(H,22,25). The molecule has 2 heterocycles. The second-order valence-electron chi connectivity index (χ2n) is 6.44. The van der Waals surface area contributed by atoms with Crippen LogP contribution in [0.15, 0.2) is 41.3 Å². The third kappa shape index (κ3) is 5.06. The average molecular weight is 374 g/mol. The lowest BCUT2D eigenvalue weighted by Crippen LogP contribution is -2.46. The molecule has 1 aliphatic heterocycles. The lowest BCUT2D eigenvalue weighted by molar-refractivity contribution is -0.123. The predicted molar refractivity (Wildman–Crippen MR) is 99.4 cm³/mol. The number of aryl methyl sites for hydroxylation is 1. The summed E-state index contributed by atoms with van der Waals surface area (Å²) in [4.78, 5) is 26.1. The van der Waals surface area contributed by atoms with Crippen LogP contribution in [0.2, 0.25) is 0 Å². The van der Waals surface area contributed by atoms with E-state index in [-0.39, 0.29) is 29.9 Å². The van der Waals surface area contributed by atoms with E-state index >= 15 is 0 Å². The van der Waals surface area contributed by atoms with E-state index in [1.165, 1.54) is 28.9 Å². The number of carbonyl (C=O) groups is 1. The number of hydrogen-bond acceptors (Lipinski definition) is 5. The molecule has 0 spiro atoms. The third-order valence-electron chi connectivity index (χ3n) is 4.56. The number of nitrogens with zero attached hydrogens (tertiary/aromatic N) is 3. The number of nitrogens with one attached hydrogen (secondary N) is 1. The molecule has 2 aromatic rings. The Morgan fingerprint density at radius 3 is 2.63 bits per heavy atom. The Hall–Kier alpha value is -2.90. The van der Waals surface area contributed by atoms with E-state index in [9.17, 15) is 14.0 Å². The number of carbonyl (C=O) groups excluding carboxylic acids is 1. The minimum atomic E-state index is -0.346. The highest BCUT2D eigenvalue weighted by atomic mass is 19.1. The van der Waals surface area contributed by atoms with Crippen molar-refractivity contribution in [3.05, 3.63) is 52.7 Å². The quantitative estimate of drug-likeness (QED) is 0.831. The Bertz CT molecular complexity index is 830. The molecule has 0 aliphatic carbocycles. The fourth-order valence-corrected chi connectivity index (χ4v) is 3.07. The highest BCUT2D eigenvalue weighted by Gasteiger charge is 2.21. The molecule has 0 saturated carbocycles. The fraction of sp³-hybridized carbons (Fsp3) is 0.421. The molecule has 1 aliphatic rings. The molecule has 8 heteroatoms. The molecule has 144 valence electrons. The average Bonchev–Trinajstić information content (AvgIpc) is 2.68. The van der Waals surface area contributed by atoms with E-state index < -0.39 is 0 Å². The van der Waals surface area contributed by atoms with Crippen molar-refractivity contribution in [2.75, 3.05) is 24.6 Å². The van der Waals surface area contributed by atoms with E-state index in [0.717, 1.165) is 31.6 Å². The first-order chi connectivity index (χ1) is 13.0. The summed E-state index contributed by atoms with van der Waals surface area (Å²) in [5.74, 6) is -0.0959. The van der Waals surface area contributed by atoms with Crippen LogP contribution in [0.3, 0.4) is 0 Å². The molecular weight excluding hydrogens is 351 g/mol. The number of benzene rings is 1. The van der Waals surface area contributed by atoms with Crippen molar-refractivity contribution in [3.8, 4) is 5.75 Å². The zero-order valence-electron chi connectivity index (χ0n) is 15.2. The Morgan fingerprint density at radius 2 is 2.00 bits per heavy atom. The fourth-order valence-electron chi connectivity index (χ4n) is 3.07. The molecule has 3 rings (SSSR count). The molecule has 0 atom stereocenters. The summed E-state index contributed by atoms with van der Waals surface area (Å²) in [5.41, 5.74) is 0.706. The van der Waals surface area contributed by atoms with Gasteiger partial charge in [0.1, 0.15) is 11.6 Å². The molecule has 0 unspecified atom stereocenters. The summed E-state index contributed by atoms with van der Waals surface area (Å²) in [5, 5.41) is 7.11. The van der Waals surface area contributed by atoms with E-state index in [1.807, 2.05) is 6.92 Å². The van der Waals surface area contributed by atoms with Gasteiger partial charge in [0.15, 0.2) is 6.61 Å². The Morgan fingerprint density at radius 1 is 1.30 bits per heavy atom. The highest BCUT2D eigenvalue weighted by molar-refractivity contribution is 5.77. The SMILES string of the molecule is CCn1ncc(N2CCC(NC(=O)COc3ccc(F)cc3)CC2)cc1=O. The summed E-state index contributed by atoms with van der Waals surface area (Å²) < 4.78 is 19.6. The van der Waals surface area contributed by atoms with Crippen LogP contribution in [0.4, 0.5) is 10.1 Å². The van der Waals surface area contributed by atoms with Gasteiger partial charge in [-0.1, -0.05) is 0 Å². The molecule has 1 aromatic carbocycles. The Balaban J connectivity index is 1.45. The number of halogens is 1. The van der Waals surface area contributed by atoms with E-state index in [1.54, 1.807) is 12.3 Å². The number of rotatable bonds is 6. The number of anilines is 1. The molecule has 1 saturated heterocycles. The maximum Gasteiger partial charge on any atom is 0.268 e. The number of ether oxygens (including phenoxy) is 1. The van der Waals surface area contributed by atoms with Crippen LogP contribution in [0.5, 0.6) is 5.75 Å². The van der Waals surface area contributed by atoms with Gasteiger partial charge in [-0.05, 0) is 44.0 Å². The largest absolute Gasteiger partial charge is 0.484 e. The van der Waals surface area contributed by atoms with Crippen LogP contribution in [0.1, 0.15) is 19.8 Å². The summed E-state index contributed by atoms with van der Waals surface area (Å²) in [7, 11) is 0. The van der Waals surface area contributed by atoms with Crippen LogP contribution in [-0.4, -0.2) is 41.4 Å². The van der Waals surface area contributed by atoms with Gasteiger partial charge in [0.2, 0.25) is 0 Å². The smallest absolute Gasteiger partial charge is 0.268 e. The summed E-state index contributed by atoms with van der Waals surface area (Å²) in [6.45, 7) is 3.79. The van der Waals surface area contributed by atoms with Crippen LogP contribution in [-0.2, 0) is 11.3 Å². The van der Waals surface area contributed by atoms with Gasteiger partial charge in [-0.25, -0.2) is 9.07 Å². The number of hydrogen-bond donors (Lipinski definition) is 1. The predicted octanol–water partition coefficient (Wildman–Crippen LogP) is 1.57. The van der Waals surface area contributed by atoms with Crippen LogP contribution in [0.25, 0.3) is 0 Å². The molecular formula is C19H23FN4O3. The van der Waals surface area contributed by atoms with Crippen LogP contribution < -0.4 is 20.5 Å².